The van der Waals surface area contributed by atoms with Crippen molar-refractivity contribution in [3.05, 3.63) is 99.8 Å². The van der Waals surface area contributed by atoms with E-state index < -0.39 is 17.7 Å². The Labute approximate surface area is 200 Å². The zero-order chi connectivity index (χ0) is 23.4. The largest absolute Gasteiger partial charge is 0.507 e. The Hall–Kier alpha value is -3.45. The molecule has 6 nitrogen and oxygen atoms in total. The van der Waals surface area contributed by atoms with Gasteiger partial charge in [-0.25, -0.2) is 0 Å². The third-order valence-corrected chi connectivity index (χ3v) is 5.91. The Balaban J connectivity index is 1.84. The van der Waals surface area contributed by atoms with Gasteiger partial charge in [0.25, 0.3) is 11.7 Å². The van der Waals surface area contributed by atoms with Crippen LogP contribution in [0.5, 0.6) is 5.75 Å². The van der Waals surface area contributed by atoms with Gasteiger partial charge >= 0.3 is 0 Å². The van der Waals surface area contributed by atoms with Gasteiger partial charge in [-0.1, -0.05) is 53.2 Å². The van der Waals surface area contributed by atoms with Crippen molar-refractivity contribution in [2.24, 2.45) is 0 Å². The van der Waals surface area contributed by atoms with Crippen molar-refractivity contribution in [1.82, 2.24) is 9.88 Å². The molecule has 0 radical (unpaired) electrons. The highest BCUT2D eigenvalue weighted by Crippen LogP contribution is 2.41. The number of aliphatic hydroxyl groups excluding tert-OH is 1. The first kappa shape index (κ1) is 22.7. The van der Waals surface area contributed by atoms with Crippen LogP contribution in [0.4, 0.5) is 0 Å². The van der Waals surface area contributed by atoms with Gasteiger partial charge in [-0.2, -0.15) is 0 Å². The van der Waals surface area contributed by atoms with Crippen molar-refractivity contribution in [2.45, 2.75) is 25.9 Å². The van der Waals surface area contributed by atoms with Crippen LogP contribution in [0.1, 0.15) is 36.1 Å². The number of Topliss-reactive ketones (excluding diaryl/α,β-unsaturated/α-hetero) is 1. The number of likely N-dealkylation sites (tertiary alicyclic amines) is 1. The monoisotopic (exact) mass is 506 g/mol. The molecule has 0 bridgehead atoms. The number of ether oxygens (including phenoxy) is 1. The molecule has 33 heavy (non-hydrogen) atoms. The number of amides is 1. The Morgan fingerprint density at radius 1 is 1.12 bits per heavy atom. The van der Waals surface area contributed by atoms with Crippen molar-refractivity contribution < 1.29 is 19.4 Å². The van der Waals surface area contributed by atoms with Crippen LogP contribution < -0.4 is 4.74 Å². The fourth-order valence-electron chi connectivity index (χ4n) is 3.84. The van der Waals surface area contributed by atoms with E-state index in [2.05, 4.69) is 20.9 Å². The Bertz CT molecular complexity index is 1190. The van der Waals surface area contributed by atoms with E-state index in [1.165, 1.54) is 4.90 Å². The molecule has 0 spiro atoms. The average Bonchev–Trinajstić information content (AvgIpc) is 3.08. The fraction of sp³-hybridized carbons (Fsp3) is 0.192. The van der Waals surface area contributed by atoms with Gasteiger partial charge in [0, 0.05) is 29.0 Å². The minimum Gasteiger partial charge on any atom is -0.507 e. The second kappa shape index (κ2) is 10.0. The predicted octanol–water partition coefficient (Wildman–Crippen LogP) is 5.25. The summed E-state index contributed by atoms with van der Waals surface area (Å²) in [5, 5.41) is 11.1. The van der Waals surface area contributed by atoms with Crippen LogP contribution in [-0.2, 0) is 16.1 Å². The molecule has 1 fully saturated rings. The third kappa shape index (κ3) is 4.83. The van der Waals surface area contributed by atoms with Crippen molar-refractivity contribution in [1.29, 1.82) is 0 Å². The maximum Gasteiger partial charge on any atom is 0.295 e. The molecule has 3 aromatic rings. The van der Waals surface area contributed by atoms with Gasteiger partial charge in [0.15, 0.2) is 0 Å². The highest BCUT2D eigenvalue weighted by molar-refractivity contribution is 9.10. The van der Waals surface area contributed by atoms with E-state index in [-0.39, 0.29) is 17.9 Å². The number of carbonyl (C=O) groups is 2. The molecule has 1 amide bonds. The van der Waals surface area contributed by atoms with Gasteiger partial charge in [-0.3, -0.25) is 14.6 Å². The van der Waals surface area contributed by atoms with Crippen LogP contribution in [0.3, 0.4) is 0 Å². The minimum atomic E-state index is -0.765. The molecule has 2 aromatic carbocycles. The molecule has 1 aromatic heterocycles. The standard InChI is InChI=1S/C26H23BrN2O4/c1-2-13-33-21-7-3-6-19(14-21)23-22(24(30)18-8-10-20(27)11-9-18)25(31)26(32)29(23)16-17-5-4-12-28-15-17/h3-12,14-15,23,30H,2,13,16H2,1H3/b24-22+/t23-/m1/s1. The molecule has 0 unspecified atom stereocenters. The number of nitrogens with zero attached hydrogens (tertiary/aromatic N) is 2. The molecule has 2 heterocycles. The number of benzene rings is 2. The maximum absolute atomic E-state index is 13.2. The topological polar surface area (TPSA) is 79.7 Å². The van der Waals surface area contributed by atoms with E-state index in [1.54, 1.807) is 42.7 Å². The number of carbonyl (C=O) groups excluding carboxylic acids is 2. The number of hydrogen-bond acceptors (Lipinski definition) is 5. The summed E-state index contributed by atoms with van der Waals surface area (Å²) in [7, 11) is 0. The van der Waals surface area contributed by atoms with Crippen molar-refractivity contribution >= 4 is 33.4 Å². The molecule has 1 N–H and O–H groups in total. The lowest BCUT2D eigenvalue weighted by atomic mass is 9.95. The second-order valence-electron chi connectivity index (χ2n) is 7.72. The van der Waals surface area contributed by atoms with Gasteiger partial charge in [0.2, 0.25) is 0 Å². The smallest absolute Gasteiger partial charge is 0.295 e. The van der Waals surface area contributed by atoms with Crippen LogP contribution in [0.15, 0.2) is 83.1 Å². The van der Waals surface area contributed by atoms with E-state index >= 15 is 0 Å². The molecule has 0 aliphatic carbocycles. The molecule has 1 atom stereocenters. The summed E-state index contributed by atoms with van der Waals surface area (Å²) in [6.07, 6.45) is 4.16. The van der Waals surface area contributed by atoms with E-state index in [0.717, 1.165) is 16.5 Å². The summed E-state index contributed by atoms with van der Waals surface area (Å²) in [5.74, 6) is -0.948. The normalized spacial score (nSPS) is 17.4. The van der Waals surface area contributed by atoms with Crippen molar-refractivity contribution in [2.75, 3.05) is 6.61 Å². The summed E-state index contributed by atoms with van der Waals surface area (Å²) in [6.45, 7) is 2.75. The lowest BCUT2D eigenvalue weighted by Crippen LogP contribution is -2.29. The quantitative estimate of drug-likeness (QED) is 0.268. The molecule has 1 aliphatic rings. The summed E-state index contributed by atoms with van der Waals surface area (Å²) >= 11 is 3.38. The summed E-state index contributed by atoms with van der Waals surface area (Å²) in [5.41, 5.74) is 1.98. The second-order valence-corrected chi connectivity index (χ2v) is 8.63. The van der Waals surface area contributed by atoms with Crippen LogP contribution in [0.2, 0.25) is 0 Å². The lowest BCUT2D eigenvalue weighted by molar-refractivity contribution is -0.140. The minimum absolute atomic E-state index is 0.0545. The molecular weight excluding hydrogens is 484 g/mol. The van der Waals surface area contributed by atoms with Gasteiger partial charge in [-0.05, 0) is 47.9 Å². The van der Waals surface area contributed by atoms with E-state index in [9.17, 15) is 14.7 Å². The molecule has 1 aliphatic heterocycles. The van der Waals surface area contributed by atoms with E-state index in [0.29, 0.717) is 23.5 Å². The van der Waals surface area contributed by atoms with Crippen LogP contribution in [-0.4, -0.2) is 33.3 Å². The number of pyridine rings is 1. The molecule has 1 saturated heterocycles. The van der Waals surface area contributed by atoms with Gasteiger partial charge < -0.3 is 14.7 Å². The van der Waals surface area contributed by atoms with Gasteiger partial charge in [0.1, 0.15) is 11.5 Å². The van der Waals surface area contributed by atoms with Crippen LogP contribution >= 0.6 is 15.9 Å². The Kier molecular flexibility index (Phi) is 6.89. The molecule has 0 saturated carbocycles. The Morgan fingerprint density at radius 3 is 2.61 bits per heavy atom. The van der Waals surface area contributed by atoms with Crippen LogP contribution in [0, 0.1) is 0 Å². The fourth-order valence-corrected chi connectivity index (χ4v) is 4.10. The van der Waals surface area contributed by atoms with Gasteiger partial charge in [-0.15, -0.1) is 0 Å². The zero-order valence-electron chi connectivity index (χ0n) is 18.1. The zero-order valence-corrected chi connectivity index (χ0v) is 19.7. The number of aliphatic hydroxyl groups is 1. The molecule has 4 rings (SSSR count). The van der Waals surface area contributed by atoms with E-state index in [1.807, 2.05) is 37.3 Å². The molecular formula is C26H23BrN2O4. The van der Waals surface area contributed by atoms with Crippen molar-refractivity contribution in [3.8, 4) is 5.75 Å². The first-order valence-electron chi connectivity index (χ1n) is 10.7. The van der Waals surface area contributed by atoms with E-state index in [4.69, 9.17) is 4.74 Å². The maximum atomic E-state index is 13.2. The number of rotatable bonds is 7. The first-order valence-corrected chi connectivity index (χ1v) is 11.4. The third-order valence-electron chi connectivity index (χ3n) is 5.38. The highest BCUT2D eigenvalue weighted by Gasteiger charge is 2.46. The number of ketones is 1. The number of aromatic nitrogens is 1. The average molecular weight is 507 g/mol. The number of halogens is 1. The molecule has 7 heteroatoms. The molecule has 168 valence electrons. The summed E-state index contributed by atoms with van der Waals surface area (Å²) in [4.78, 5) is 31.9. The van der Waals surface area contributed by atoms with Crippen LogP contribution in [0.25, 0.3) is 5.76 Å². The lowest BCUT2D eigenvalue weighted by Gasteiger charge is -2.25. The summed E-state index contributed by atoms with van der Waals surface area (Å²) in [6, 6.07) is 17.1. The highest BCUT2D eigenvalue weighted by atomic mass is 79.9. The van der Waals surface area contributed by atoms with Crippen molar-refractivity contribution in [3.63, 3.8) is 0 Å². The Morgan fingerprint density at radius 2 is 1.91 bits per heavy atom. The predicted molar refractivity (Wildman–Crippen MR) is 128 cm³/mol. The summed E-state index contributed by atoms with van der Waals surface area (Å²) < 4.78 is 6.62. The first-order chi connectivity index (χ1) is 16.0. The number of hydrogen-bond donors (Lipinski definition) is 1. The van der Waals surface area contributed by atoms with Gasteiger partial charge in [0.05, 0.1) is 18.2 Å². The SMILES string of the molecule is CCCOc1cccc([C@@H]2/C(=C(\O)c3ccc(Br)cc3)C(=O)C(=O)N2Cc2cccnc2)c1.